The lowest BCUT2D eigenvalue weighted by atomic mass is 10.1. The maximum absolute atomic E-state index is 13.4. The Hall–Kier alpha value is -2.76. The van der Waals surface area contributed by atoms with Crippen LogP contribution in [0.1, 0.15) is 26.3 Å². The first-order valence-corrected chi connectivity index (χ1v) is 6.53. The molecule has 22 heavy (non-hydrogen) atoms. The second kappa shape index (κ2) is 6.80. The number of nitrogens with one attached hydrogen (secondary N) is 1. The molecule has 4 nitrogen and oxygen atoms in total. The number of hydrogen-bond acceptors (Lipinski definition) is 2. The molecule has 0 unspecified atom stereocenters. The summed E-state index contributed by atoms with van der Waals surface area (Å²) < 4.78 is 26.4. The van der Waals surface area contributed by atoms with E-state index in [1.165, 1.54) is 24.3 Å². The lowest BCUT2D eigenvalue weighted by Gasteiger charge is -2.07. The second-order valence-corrected chi connectivity index (χ2v) is 4.62. The number of aromatic carboxylic acids is 1. The predicted molar refractivity (Wildman–Crippen MR) is 75.8 cm³/mol. The quantitative estimate of drug-likeness (QED) is 0.892. The summed E-state index contributed by atoms with van der Waals surface area (Å²) >= 11 is 0. The van der Waals surface area contributed by atoms with Gasteiger partial charge in [-0.05, 0) is 54.4 Å². The molecule has 0 heterocycles. The minimum absolute atomic E-state index is 0.0818. The van der Waals surface area contributed by atoms with Gasteiger partial charge in [-0.3, -0.25) is 4.79 Å². The van der Waals surface area contributed by atoms with E-state index in [2.05, 4.69) is 5.32 Å². The van der Waals surface area contributed by atoms with E-state index < -0.39 is 23.5 Å². The largest absolute Gasteiger partial charge is 0.478 e. The van der Waals surface area contributed by atoms with Gasteiger partial charge in [-0.1, -0.05) is 0 Å². The maximum atomic E-state index is 13.4. The van der Waals surface area contributed by atoms with Crippen LogP contribution in [0.5, 0.6) is 0 Å². The number of amides is 1. The molecule has 0 spiro atoms. The SMILES string of the molecule is O=C(O)c1ccc(C(=O)NCCc2cc(F)ccc2F)cc1. The number of hydrogen-bond donors (Lipinski definition) is 2. The van der Waals surface area contributed by atoms with Crippen molar-refractivity contribution in [2.45, 2.75) is 6.42 Å². The average molecular weight is 305 g/mol. The number of rotatable bonds is 5. The van der Waals surface area contributed by atoms with E-state index in [0.29, 0.717) is 5.56 Å². The van der Waals surface area contributed by atoms with Gasteiger partial charge in [-0.15, -0.1) is 0 Å². The van der Waals surface area contributed by atoms with Crippen LogP contribution in [0.3, 0.4) is 0 Å². The third kappa shape index (κ3) is 3.88. The summed E-state index contributed by atoms with van der Waals surface area (Å²) in [5.41, 5.74) is 0.560. The van der Waals surface area contributed by atoms with Crippen LogP contribution in [-0.4, -0.2) is 23.5 Å². The fraction of sp³-hybridized carbons (Fsp3) is 0.125. The normalized spacial score (nSPS) is 10.3. The van der Waals surface area contributed by atoms with Crippen LogP contribution in [0.2, 0.25) is 0 Å². The average Bonchev–Trinajstić information content (AvgIpc) is 2.50. The van der Waals surface area contributed by atoms with Crippen LogP contribution in [0.25, 0.3) is 0 Å². The Morgan fingerprint density at radius 3 is 2.27 bits per heavy atom. The van der Waals surface area contributed by atoms with E-state index in [1.54, 1.807) is 0 Å². The Bertz CT molecular complexity index is 699. The third-order valence-electron chi connectivity index (χ3n) is 3.08. The van der Waals surface area contributed by atoms with Crippen LogP contribution in [0.15, 0.2) is 42.5 Å². The van der Waals surface area contributed by atoms with Crippen molar-refractivity contribution in [3.8, 4) is 0 Å². The number of carbonyl (C=O) groups is 2. The monoisotopic (exact) mass is 305 g/mol. The van der Waals surface area contributed by atoms with E-state index >= 15 is 0 Å². The Morgan fingerprint density at radius 1 is 1.00 bits per heavy atom. The van der Waals surface area contributed by atoms with Crippen molar-refractivity contribution in [3.05, 3.63) is 70.8 Å². The van der Waals surface area contributed by atoms with Gasteiger partial charge in [0.25, 0.3) is 5.91 Å². The molecule has 0 fully saturated rings. The lowest BCUT2D eigenvalue weighted by molar-refractivity contribution is 0.0696. The van der Waals surface area contributed by atoms with Crippen molar-refractivity contribution in [3.63, 3.8) is 0 Å². The van der Waals surface area contributed by atoms with Gasteiger partial charge in [-0.25, -0.2) is 13.6 Å². The Balaban J connectivity index is 1.92. The molecule has 0 saturated heterocycles. The standard InChI is InChI=1S/C16H13F2NO3/c17-13-5-6-14(18)12(9-13)7-8-19-15(20)10-1-3-11(4-2-10)16(21)22/h1-6,9H,7-8H2,(H,19,20)(H,21,22). The highest BCUT2D eigenvalue weighted by atomic mass is 19.1. The van der Waals surface area contributed by atoms with Gasteiger partial charge in [-0.2, -0.15) is 0 Å². The molecule has 2 aromatic carbocycles. The lowest BCUT2D eigenvalue weighted by Crippen LogP contribution is -2.26. The van der Waals surface area contributed by atoms with Crippen molar-refractivity contribution in [1.82, 2.24) is 5.32 Å². The number of carboxylic acids is 1. The predicted octanol–water partition coefficient (Wildman–Crippen LogP) is 2.64. The maximum Gasteiger partial charge on any atom is 0.335 e. The first-order valence-electron chi connectivity index (χ1n) is 6.53. The van der Waals surface area contributed by atoms with Crippen molar-refractivity contribution in [2.75, 3.05) is 6.54 Å². The van der Waals surface area contributed by atoms with Crippen LogP contribution in [0.4, 0.5) is 8.78 Å². The highest BCUT2D eigenvalue weighted by Crippen LogP contribution is 2.10. The third-order valence-corrected chi connectivity index (χ3v) is 3.08. The number of benzene rings is 2. The zero-order valence-electron chi connectivity index (χ0n) is 11.5. The second-order valence-electron chi connectivity index (χ2n) is 4.62. The highest BCUT2D eigenvalue weighted by Gasteiger charge is 2.08. The summed E-state index contributed by atoms with van der Waals surface area (Å²) in [7, 11) is 0. The fourth-order valence-corrected chi connectivity index (χ4v) is 1.91. The van der Waals surface area contributed by atoms with Crippen LogP contribution < -0.4 is 5.32 Å². The molecule has 2 aromatic rings. The Morgan fingerprint density at radius 2 is 1.64 bits per heavy atom. The van der Waals surface area contributed by atoms with Gasteiger partial charge < -0.3 is 10.4 Å². The van der Waals surface area contributed by atoms with E-state index in [-0.39, 0.29) is 24.1 Å². The van der Waals surface area contributed by atoms with Crippen LogP contribution >= 0.6 is 0 Å². The molecule has 2 N–H and O–H groups in total. The van der Waals surface area contributed by atoms with Gasteiger partial charge in [0.1, 0.15) is 11.6 Å². The van der Waals surface area contributed by atoms with Gasteiger partial charge in [0.05, 0.1) is 5.56 Å². The van der Waals surface area contributed by atoms with Crippen molar-refractivity contribution < 1.29 is 23.5 Å². The minimum Gasteiger partial charge on any atom is -0.478 e. The van der Waals surface area contributed by atoms with Crippen molar-refractivity contribution >= 4 is 11.9 Å². The topological polar surface area (TPSA) is 66.4 Å². The summed E-state index contributed by atoms with van der Waals surface area (Å²) in [6.45, 7) is 0.139. The molecular formula is C16H13F2NO3. The van der Waals surface area contributed by atoms with Crippen molar-refractivity contribution in [2.24, 2.45) is 0 Å². The zero-order chi connectivity index (χ0) is 16.1. The van der Waals surface area contributed by atoms with E-state index in [4.69, 9.17) is 5.11 Å². The molecule has 0 atom stereocenters. The van der Waals surface area contributed by atoms with Gasteiger partial charge in [0.2, 0.25) is 0 Å². The molecule has 0 radical (unpaired) electrons. The molecule has 0 aliphatic carbocycles. The fourth-order valence-electron chi connectivity index (χ4n) is 1.91. The molecule has 0 aromatic heterocycles. The molecule has 0 aliphatic rings. The van der Waals surface area contributed by atoms with Crippen LogP contribution in [0, 0.1) is 11.6 Å². The minimum atomic E-state index is -1.08. The summed E-state index contributed by atoms with van der Waals surface area (Å²) in [6, 6.07) is 8.58. The van der Waals surface area contributed by atoms with Crippen LogP contribution in [-0.2, 0) is 6.42 Å². The van der Waals surface area contributed by atoms with E-state index in [1.807, 2.05) is 0 Å². The molecule has 114 valence electrons. The molecule has 0 bridgehead atoms. The van der Waals surface area contributed by atoms with E-state index in [9.17, 15) is 18.4 Å². The van der Waals surface area contributed by atoms with Crippen molar-refractivity contribution in [1.29, 1.82) is 0 Å². The summed E-state index contributed by atoms with van der Waals surface area (Å²) in [6.07, 6.45) is 0.155. The summed E-state index contributed by atoms with van der Waals surface area (Å²) in [5.74, 6) is -2.55. The number of carbonyl (C=O) groups excluding carboxylic acids is 1. The van der Waals surface area contributed by atoms with Gasteiger partial charge in [0.15, 0.2) is 0 Å². The molecule has 1 amide bonds. The Kier molecular flexibility index (Phi) is 4.83. The number of carboxylic acid groups (broad SMARTS) is 1. The van der Waals surface area contributed by atoms with Gasteiger partial charge >= 0.3 is 5.97 Å². The molecular weight excluding hydrogens is 292 g/mol. The summed E-state index contributed by atoms with van der Waals surface area (Å²) in [4.78, 5) is 22.5. The van der Waals surface area contributed by atoms with E-state index in [0.717, 1.165) is 18.2 Å². The summed E-state index contributed by atoms with van der Waals surface area (Å²) in [5, 5.41) is 11.3. The molecule has 2 rings (SSSR count). The first kappa shape index (κ1) is 15.6. The number of halogens is 2. The Labute approximate surface area is 125 Å². The molecule has 6 heteroatoms. The zero-order valence-corrected chi connectivity index (χ0v) is 11.5. The smallest absolute Gasteiger partial charge is 0.335 e. The first-order chi connectivity index (χ1) is 10.5. The highest BCUT2D eigenvalue weighted by molar-refractivity contribution is 5.95. The molecule has 0 saturated carbocycles. The van der Waals surface area contributed by atoms with Gasteiger partial charge in [0, 0.05) is 12.1 Å². The molecule has 0 aliphatic heterocycles.